The fourth-order valence-electron chi connectivity index (χ4n) is 1.68. The molecule has 0 amide bonds. The summed E-state index contributed by atoms with van der Waals surface area (Å²) in [7, 11) is 1.35. The van der Waals surface area contributed by atoms with Gasteiger partial charge in [-0.3, -0.25) is 4.79 Å². The van der Waals surface area contributed by atoms with Gasteiger partial charge in [-0.1, -0.05) is 29.3 Å². The summed E-state index contributed by atoms with van der Waals surface area (Å²) in [5.41, 5.74) is 9.12. The maximum Gasteiger partial charge on any atom is 0.322 e. The second-order valence-electron chi connectivity index (χ2n) is 3.83. The van der Waals surface area contributed by atoms with Gasteiger partial charge in [-0.05, 0) is 25.8 Å². The number of rotatable bonds is 3. The van der Waals surface area contributed by atoms with E-state index in [4.69, 9.17) is 5.73 Å². The van der Waals surface area contributed by atoms with Crippen LogP contribution in [-0.2, 0) is 16.0 Å². The van der Waals surface area contributed by atoms with E-state index in [-0.39, 0.29) is 5.97 Å². The molecule has 3 nitrogen and oxygen atoms in total. The number of nitrogens with two attached hydrogens (primary N) is 1. The monoisotopic (exact) mass is 207 g/mol. The first-order valence-electron chi connectivity index (χ1n) is 4.93. The molecule has 0 saturated carbocycles. The van der Waals surface area contributed by atoms with Crippen molar-refractivity contribution in [2.45, 2.75) is 26.3 Å². The van der Waals surface area contributed by atoms with Crippen LogP contribution in [0.3, 0.4) is 0 Å². The van der Waals surface area contributed by atoms with E-state index < -0.39 is 6.04 Å². The quantitative estimate of drug-likeness (QED) is 0.761. The molecule has 0 aliphatic heterocycles. The van der Waals surface area contributed by atoms with Crippen LogP contribution in [0, 0.1) is 13.8 Å². The van der Waals surface area contributed by atoms with Gasteiger partial charge in [-0.2, -0.15) is 0 Å². The summed E-state index contributed by atoms with van der Waals surface area (Å²) in [6.07, 6.45) is 0.523. The summed E-state index contributed by atoms with van der Waals surface area (Å²) in [5, 5.41) is 0. The van der Waals surface area contributed by atoms with Gasteiger partial charge in [-0.25, -0.2) is 0 Å². The number of esters is 1. The number of methoxy groups -OCH3 is 1. The average molecular weight is 207 g/mol. The molecule has 0 saturated heterocycles. The van der Waals surface area contributed by atoms with Gasteiger partial charge < -0.3 is 10.5 Å². The summed E-state index contributed by atoms with van der Waals surface area (Å²) in [5.74, 6) is -0.367. The number of hydrogen-bond acceptors (Lipinski definition) is 3. The van der Waals surface area contributed by atoms with Crippen molar-refractivity contribution in [2.75, 3.05) is 7.11 Å². The predicted octanol–water partition coefficient (Wildman–Crippen LogP) is 1.35. The molecule has 3 heteroatoms. The van der Waals surface area contributed by atoms with Crippen LogP contribution < -0.4 is 5.73 Å². The molecule has 1 rings (SSSR count). The summed E-state index contributed by atoms with van der Waals surface area (Å²) < 4.78 is 4.58. The fraction of sp³-hybridized carbons (Fsp3) is 0.417. The molecule has 82 valence electrons. The van der Waals surface area contributed by atoms with E-state index in [1.807, 2.05) is 26.0 Å². The summed E-state index contributed by atoms with van der Waals surface area (Å²) >= 11 is 0. The molecule has 0 bridgehead atoms. The van der Waals surface area contributed by atoms with Crippen molar-refractivity contribution in [1.29, 1.82) is 0 Å². The molecule has 1 aromatic carbocycles. The lowest BCUT2D eigenvalue weighted by atomic mass is 10.0. The smallest absolute Gasteiger partial charge is 0.322 e. The van der Waals surface area contributed by atoms with Crippen LogP contribution in [0.15, 0.2) is 18.2 Å². The Hall–Kier alpha value is -1.35. The van der Waals surface area contributed by atoms with Crippen LogP contribution in [0.5, 0.6) is 0 Å². The SMILES string of the molecule is COC(=O)C(N)Cc1cc(C)cc(C)c1. The lowest BCUT2D eigenvalue weighted by Crippen LogP contribution is -2.33. The van der Waals surface area contributed by atoms with Crippen LogP contribution in [0.2, 0.25) is 0 Å². The minimum absolute atomic E-state index is 0.367. The number of carbonyl (C=O) groups excluding carboxylic acids is 1. The molecule has 1 unspecified atom stereocenters. The van der Waals surface area contributed by atoms with Gasteiger partial charge in [0.1, 0.15) is 6.04 Å². The summed E-state index contributed by atoms with van der Waals surface area (Å²) in [6, 6.07) is 5.59. The molecule has 0 fully saturated rings. The summed E-state index contributed by atoms with van der Waals surface area (Å²) in [4.78, 5) is 11.1. The fourth-order valence-corrected chi connectivity index (χ4v) is 1.68. The zero-order chi connectivity index (χ0) is 11.4. The van der Waals surface area contributed by atoms with E-state index in [2.05, 4.69) is 10.8 Å². The molecule has 0 aromatic heterocycles. The Bertz CT molecular complexity index is 340. The number of ether oxygens (including phenoxy) is 1. The van der Waals surface area contributed by atoms with E-state index in [0.29, 0.717) is 6.42 Å². The van der Waals surface area contributed by atoms with Crippen LogP contribution in [-0.4, -0.2) is 19.1 Å². The Kier molecular flexibility index (Phi) is 3.86. The molecule has 2 N–H and O–H groups in total. The van der Waals surface area contributed by atoms with E-state index in [1.165, 1.54) is 18.2 Å². The van der Waals surface area contributed by atoms with Gasteiger partial charge in [0.05, 0.1) is 7.11 Å². The Morgan fingerprint density at radius 3 is 2.33 bits per heavy atom. The maximum absolute atomic E-state index is 11.1. The van der Waals surface area contributed by atoms with Gasteiger partial charge in [0.25, 0.3) is 0 Å². The molecule has 1 aromatic rings. The van der Waals surface area contributed by atoms with Crippen LogP contribution in [0.25, 0.3) is 0 Å². The van der Waals surface area contributed by atoms with Crippen molar-refractivity contribution in [3.05, 3.63) is 34.9 Å². The predicted molar refractivity (Wildman–Crippen MR) is 59.6 cm³/mol. The second kappa shape index (κ2) is 4.94. The third-order valence-electron chi connectivity index (χ3n) is 2.24. The highest BCUT2D eigenvalue weighted by atomic mass is 16.5. The Morgan fingerprint density at radius 1 is 1.33 bits per heavy atom. The lowest BCUT2D eigenvalue weighted by molar-refractivity contribution is -0.142. The van der Waals surface area contributed by atoms with Crippen molar-refractivity contribution >= 4 is 5.97 Å². The van der Waals surface area contributed by atoms with Crippen LogP contribution >= 0.6 is 0 Å². The molecular weight excluding hydrogens is 190 g/mol. The Morgan fingerprint density at radius 2 is 1.87 bits per heavy atom. The highest BCUT2D eigenvalue weighted by Gasteiger charge is 2.14. The zero-order valence-corrected chi connectivity index (χ0v) is 9.41. The minimum atomic E-state index is -0.573. The second-order valence-corrected chi connectivity index (χ2v) is 3.83. The molecule has 0 aliphatic rings. The first kappa shape index (κ1) is 11.7. The number of hydrogen-bond donors (Lipinski definition) is 1. The standard InChI is InChI=1S/C12H17NO2/c1-8-4-9(2)6-10(5-8)7-11(13)12(14)15-3/h4-6,11H,7,13H2,1-3H3. The largest absolute Gasteiger partial charge is 0.468 e. The van der Waals surface area contributed by atoms with E-state index >= 15 is 0 Å². The lowest BCUT2D eigenvalue weighted by Gasteiger charge is -2.10. The van der Waals surface area contributed by atoms with Crippen molar-refractivity contribution in [1.82, 2.24) is 0 Å². The normalized spacial score (nSPS) is 12.3. The molecule has 0 heterocycles. The van der Waals surface area contributed by atoms with Gasteiger partial charge in [0, 0.05) is 0 Å². The van der Waals surface area contributed by atoms with Gasteiger partial charge in [0.15, 0.2) is 0 Å². The van der Waals surface area contributed by atoms with E-state index in [9.17, 15) is 4.79 Å². The topological polar surface area (TPSA) is 52.3 Å². The van der Waals surface area contributed by atoms with E-state index in [0.717, 1.165) is 5.56 Å². The number of benzene rings is 1. The highest BCUT2D eigenvalue weighted by Crippen LogP contribution is 2.10. The third-order valence-corrected chi connectivity index (χ3v) is 2.24. The van der Waals surface area contributed by atoms with Crippen molar-refractivity contribution in [2.24, 2.45) is 5.73 Å². The van der Waals surface area contributed by atoms with Crippen molar-refractivity contribution in [3.63, 3.8) is 0 Å². The van der Waals surface area contributed by atoms with Gasteiger partial charge in [-0.15, -0.1) is 0 Å². The Balaban J connectivity index is 2.76. The molecule has 0 spiro atoms. The van der Waals surface area contributed by atoms with Crippen molar-refractivity contribution in [3.8, 4) is 0 Å². The molecule has 0 radical (unpaired) electrons. The maximum atomic E-state index is 11.1. The van der Waals surface area contributed by atoms with Gasteiger partial charge >= 0.3 is 5.97 Å². The molecular formula is C12H17NO2. The Labute approximate surface area is 90.2 Å². The van der Waals surface area contributed by atoms with Crippen molar-refractivity contribution < 1.29 is 9.53 Å². The minimum Gasteiger partial charge on any atom is -0.468 e. The first-order valence-corrected chi connectivity index (χ1v) is 4.93. The average Bonchev–Trinajstić information content (AvgIpc) is 2.14. The van der Waals surface area contributed by atoms with Crippen LogP contribution in [0.4, 0.5) is 0 Å². The number of carbonyl (C=O) groups is 1. The number of aryl methyl sites for hydroxylation is 2. The van der Waals surface area contributed by atoms with E-state index in [1.54, 1.807) is 0 Å². The first-order chi connectivity index (χ1) is 7.02. The zero-order valence-electron chi connectivity index (χ0n) is 9.41. The van der Waals surface area contributed by atoms with Crippen LogP contribution in [0.1, 0.15) is 16.7 Å². The highest BCUT2D eigenvalue weighted by molar-refractivity contribution is 5.75. The molecule has 15 heavy (non-hydrogen) atoms. The summed E-state index contributed by atoms with van der Waals surface area (Å²) in [6.45, 7) is 4.06. The molecule has 1 atom stereocenters. The third kappa shape index (κ3) is 3.36. The van der Waals surface area contributed by atoms with Gasteiger partial charge in [0.2, 0.25) is 0 Å². The molecule has 0 aliphatic carbocycles.